The first kappa shape index (κ1) is 14.0. The molecule has 1 N–H and O–H groups in total. The third-order valence-electron chi connectivity index (χ3n) is 2.63. The molecule has 0 spiro atoms. The zero-order valence-electron chi connectivity index (χ0n) is 10.9. The van der Waals surface area contributed by atoms with Crippen molar-refractivity contribution < 1.29 is 0 Å². The van der Waals surface area contributed by atoms with E-state index < -0.39 is 0 Å². The van der Waals surface area contributed by atoms with Crippen molar-refractivity contribution in [1.29, 1.82) is 0 Å². The molecule has 16 heavy (non-hydrogen) atoms. The summed E-state index contributed by atoms with van der Waals surface area (Å²) in [5, 5.41) is 3.62. The van der Waals surface area contributed by atoms with Gasteiger partial charge in [0.1, 0.15) is 0 Å². The predicted octanol–water partition coefficient (Wildman–Crippen LogP) is 4.80. The molecule has 1 aromatic heterocycles. The van der Waals surface area contributed by atoms with E-state index in [1.165, 1.54) is 10.4 Å². The van der Waals surface area contributed by atoms with Gasteiger partial charge >= 0.3 is 0 Å². The van der Waals surface area contributed by atoms with Gasteiger partial charge < -0.3 is 5.32 Å². The lowest BCUT2D eigenvalue weighted by Crippen LogP contribution is -2.32. The number of hydrogen-bond donors (Lipinski definition) is 1. The fourth-order valence-corrected chi connectivity index (χ4v) is 3.29. The smallest absolute Gasteiger partial charge is 0.0960 e. The Morgan fingerprint density at radius 2 is 2.06 bits per heavy atom. The van der Waals surface area contributed by atoms with Crippen LogP contribution in [0.1, 0.15) is 50.6 Å². The van der Waals surface area contributed by atoms with Gasteiger partial charge in [-0.15, -0.1) is 11.3 Å². The molecule has 0 saturated carbocycles. The molecule has 1 aromatic rings. The number of rotatable bonds is 4. The van der Waals surface area contributed by atoms with Gasteiger partial charge in [0.15, 0.2) is 0 Å². The van der Waals surface area contributed by atoms with Gasteiger partial charge in [-0.25, -0.2) is 0 Å². The highest BCUT2D eigenvalue weighted by Gasteiger charge is 2.27. The van der Waals surface area contributed by atoms with Gasteiger partial charge in [0.2, 0.25) is 0 Å². The third-order valence-corrected chi connectivity index (χ3v) is 4.25. The fraction of sp³-hybridized carbons (Fsp3) is 0.692. The van der Waals surface area contributed by atoms with E-state index in [4.69, 9.17) is 11.6 Å². The maximum atomic E-state index is 6.15. The van der Waals surface area contributed by atoms with Gasteiger partial charge in [-0.3, -0.25) is 0 Å². The molecular weight excluding hydrogens is 238 g/mol. The van der Waals surface area contributed by atoms with E-state index in [1.54, 1.807) is 11.3 Å². The van der Waals surface area contributed by atoms with Crippen molar-refractivity contribution in [3.05, 3.63) is 20.8 Å². The van der Waals surface area contributed by atoms with Gasteiger partial charge in [-0.2, -0.15) is 0 Å². The van der Waals surface area contributed by atoms with Crippen LogP contribution in [0.3, 0.4) is 0 Å². The fourth-order valence-electron chi connectivity index (χ4n) is 1.75. The van der Waals surface area contributed by atoms with Crippen molar-refractivity contribution in [2.45, 2.75) is 47.1 Å². The minimum Gasteiger partial charge on any atom is -0.309 e. The molecule has 92 valence electrons. The molecule has 0 aliphatic rings. The summed E-state index contributed by atoms with van der Waals surface area (Å²) in [6, 6.07) is 2.61. The van der Waals surface area contributed by atoms with Crippen LogP contribution in [0, 0.1) is 12.3 Å². The first-order valence-corrected chi connectivity index (χ1v) is 7.05. The van der Waals surface area contributed by atoms with Gasteiger partial charge in [0, 0.05) is 10.9 Å². The molecule has 0 fully saturated rings. The van der Waals surface area contributed by atoms with Gasteiger partial charge in [-0.1, -0.05) is 39.3 Å². The topological polar surface area (TPSA) is 12.0 Å². The van der Waals surface area contributed by atoms with Crippen LogP contribution in [0.15, 0.2) is 6.07 Å². The minimum atomic E-state index is 0.218. The Morgan fingerprint density at radius 3 is 2.44 bits per heavy atom. The molecule has 3 heteroatoms. The number of halogens is 1. The number of nitrogens with one attached hydrogen (secondary N) is 1. The van der Waals surface area contributed by atoms with Crippen LogP contribution in [0.4, 0.5) is 0 Å². The van der Waals surface area contributed by atoms with E-state index in [1.807, 2.05) is 0 Å². The SMILES string of the molecule is CCCNC(c1cc(C)c(Cl)s1)C(C)(C)C. The van der Waals surface area contributed by atoms with Crippen LogP contribution in [0.5, 0.6) is 0 Å². The zero-order chi connectivity index (χ0) is 12.3. The lowest BCUT2D eigenvalue weighted by atomic mass is 9.85. The molecule has 0 radical (unpaired) electrons. The van der Waals surface area contributed by atoms with Crippen molar-refractivity contribution in [3.63, 3.8) is 0 Å². The molecule has 0 aliphatic heterocycles. The third kappa shape index (κ3) is 3.47. The quantitative estimate of drug-likeness (QED) is 0.819. The van der Waals surface area contributed by atoms with E-state index in [-0.39, 0.29) is 5.41 Å². The van der Waals surface area contributed by atoms with Crippen LogP contribution < -0.4 is 5.32 Å². The van der Waals surface area contributed by atoms with Crippen LogP contribution in [-0.2, 0) is 0 Å². The average molecular weight is 260 g/mol. The summed E-state index contributed by atoms with van der Waals surface area (Å²) in [5.41, 5.74) is 1.41. The largest absolute Gasteiger partial charge is 0.309 e. The first-order chi connectivity index (χ1) is 7.36. The lowest BCUT2D eigenvalue weighted by molar-refractivity contribution is 0.277. The molecule has 1 rings (SSSR count). The van der Waals surface area contributed by atoms with Crippen molar-refractivity contribution in [3.8, 4) is 0 Å². The Labute approximate surface area is 108 Å². The Balaban J connectivity index is 2.92. The molecule has 0 amide bonds. The molecular formula is C13H22ClNS. The van der Waals surface area contributed by atoms with Crippen molar-refractivity contribution in [1.82, 2.24) is 5.32 Å². The summed E-state index contributed by atoms with van der Waals surface area (Å²) in [4.78, 5) is 1.35. The van der Waals surface area contributed by atoms with E-state index in [9.17, 15) is 0 Å². The van der Waals surface area contributed by atoms with Crippen molar-refractivity contribution in [2.75, 3.05) is 6.54 Å². The first-order valence-electron chi connectivity index (χ1n) is 5.85. The molecule has 1 atom stereocenters. The highest BCUT2D eigenvalue weighted by molar-refractivity contribution is 7.16. The Kier molecular flexibility index (Phi) is 4.84. The molecule has 1 nitrogen and oxygen atoms in total. The summed E-state index contributed by atoms with van der Waals surface area (Å²) < 4.78 is 0.919. The van der Waals surface area contributed by atoms with Crippen LogP contribution in [0.2, 0.25) is 4.34 Å². The summed E-state index contributed by atoms with van der Waals surface area (Å²) in [5.74, 6) is 0. The normalized spacial score (nSPS) is 14.1. The predicted molar refractivity (Wildman–Crippen MR) is 74.6 cm³/mol. The Morgan fingerprint density at radius 1 is 1.44 bits per heavy atom. The molecule has 1 unspecified atom stereocenters. The molecule has 1 heterocycles. The van der Waals surface area contributed by atoms with Crippen LogP contribution in [0.25, 0.3) is 0 Å². The second kappa shape index (κ2) is 5.52. The molecule has 0 aliphatic carbocycles. The number of aryl methyl sites for hydroxylation is 1. The van der Waals surface area contributed by atoms with Gasteiger partial charge in [-0.05, 0) is 36.9 Å². The Hall–Kier alpha value is -0.0500. The van der Waals surface area contributed by atoms with E-state index in [0.29, 0.717) is 6.04 Å². The van der Waals surface area contributed by atoms with E-state index in [2.05, 4.69) is 46.0 Å². The van der Waals surface area contributed by atoms with Crippen LogP contribution >= 0.6 is 22.9 Å². The number of thiophene rings is 1. The lowest BCUT2D eigenvalue weighted by Gasteiger charge is -2.31. The van der Waals surface area contributed by atoms with Crippen LogP contribution in [-0.4, -0.2) is 6.54 Å². The van der Waals surface area contributed by atoms with E-state index in [0.717, 1.165) is 17.3 Å². The highest BCUT2D eigenvalue weighted by Crippen LogP contribution is 2.39. The maximum absolute atomic E-state index is 6.15. The second-order valence-corrected chi connectivity index (χ2v) is 7.04. The summed E-state index contributed by atoms with van der Waals surface area (Å²) in [7, 11) is 0. The monoisotopic (exact) mass is 259 g/mol. The highest BCUT2D eigenvalue weighted by atomic mass is 35.5. The zero-order valence-corrected chi connectivity index (χ0v) is 12.4. The second-order valence-electron chi connectivity index (χ2n) is 5.36. The van der Waals surface area contributed by atoms with Gasteiger partial charge in [0.25, 0.3) is 0 Å². The van der Waals surface area contributed by atoms with Gasteiger partial charge in [0.05, 0.1) is 4.34 Å². The van der Waals surface area contributed by atoms with Crippen molar-refractivity contribution in [2.24, 2.45) is 5.41 Å². The average Bonchev–Trinajstić information content (AvgIpc) is 2.45. The number of hydrogen-bond acceptors (Lipinski definition) is 2. The van der Waals surface area contributed by atoms with Crippen molar-refractivity contribution >= 4 is 22.9 Å². The standard InChI is InChI=1S/C13H22ClNS/c1-6-7-15-11(13(3,4)5)10-8-9(2)12(14)16-10/h8,11,15H,6-7H2,1-5H3. The summed E-state index contributed by atoms with van der Waals surface area (Å²) >= 11 is 7.85. The summed E-state index contributed by atoms with van der Waals surface area (Å²) in [6.45, 7) is 12.1. The van der Waals surface area contributed by atoms with E-state index >= 15 is 0 Å². The minimum absolute atomic E-state index is 0.218. The Bertz CT molecular complexity index is 319. The molecule has 0 saturated heterocycles. The molecule has 0 aromatic carbocycles. The summed E-state index contributed by atoms with van der Waals surface area (Å²) in [6.07, 6.45) is 1.16. The molecule has 0 bridgehead atoms. The maximum Gasteiger partial charge on any atom is 0.0960 e.